The summed E-state index contributed by atoms with van der Waals surface area (Å²) in [5.74, 6) is -1.05. The van der Waals surface area contributed by atoms with Gasteiger partial charge < -0.3 is 10.4 Å². The largest absolute Gasteiger partial charge is 0.480 e. The first-order chi connectivity index (χ1) is 7.34. The van der Waals surface area contributed by atoms with Crippen molar-refractivity contribution < 1.29 is 14.7 Å². The predicted octanol–water partition coefficient (Wildman–Crippen LogP) is 1.94. The molecule has 0 aromatic carbocycles. The molecule has 0 bridgehead atoms. The summed E-state index contributed by atoms with van der Waals surface area (Å²) in [6.07, 6.45) is 3.55. The molecule has 1 rings (SSSR count). The molecule has 92 valence electrons. The number of nitrogens with one attached hydrogen (secondary N) is 1. The van der Waals surface area contributed by atoms with Crippen LogP contribution < -0.4 is 5.32 Å². The smallest absolute Gasteiger partial charge is 0.329 e. The number of carbonyl (C=O) groups excluding carboxylic acids is 1. The number of hydrogen-bond donors (Lipinski definition) is 2. The maximum Gasteiger partial charge on any atom is 0.329 e. The summed E-state index contributed by atoms with van der Waals surface area (Å²) in [7, 11) is 0. The number of aliphatic carboxylic acids is 1. The molecule has 4 nitrogen and oxygen atoms in total. The Morgan fingerprint density at radius 3 is 2.19 bits per heavy atom. The van der Waals surface area contributed by atoms with E-state index < -0.39 is 16.9 Å². The van der Waals surface area contributed by atoms with Crippen LogP contribution in [0.5, 0.6) is 0 Å². The van der Waals surface area contributed by atoms with Gasteiger partial charge in [-0.3, -0.25) is 4.79 Å². The molecule has 1 fully saturated rings. The molecular formula is C12H21NO3. The lowest BCUT2D eigenvalue weighted by molar-refractivity contribution is -0.149. The zero-order valence-corrected chi connectivity index (χ0v) is 10.3. The molecule has 0 aromatic heterocycles. The van der Waals surface area contributed by atoms with Crippen LogP contribution in [0.25, 0.3) is 0 Å². The van der Waals surface area contributed by atoms with Crippen LogP contribution in [-0.4, -0.2) is 22.5 Å². The molecule has 0 aliphatic heterocycles. The average molecular weight is 227 g/mol. The molecule has 0 aromatic rings. The van der Waals surface area contributed by atoms with E-state index in [1.54, 1.807) is 0 Å². The van der Waals surface area contributed by atoms with Gasteiger partial charge in [-0.15, -0.1) is 0 Å². The highest BCUT2D eigenvalue weighted by Crippen LogP contribution is 2.31. The zero-order valence-electron chi connectivity index (χ0n) is 10.3. The van der Waals surface area contributed by atoms with E-state index in [9.17, 15) is 14.7 Å². The Morgan fingerprint density at radius 2 is 1.81 bits per heavy atom. The van der Waals surface area contributed by atoms with Gasteiger partial charge in [0.15, 0.2) is 0 Å². The molecule has 0 spiro atoms. The molecule has 16 heavy (non-hydrogen) atoms. The van der Waals surface area contributed by atoms with Crippen LogP contribution in [0.15, 0.2) is 0 Å². The van der Waals surface area contributed by atoms with E-state index in [1.165, 1.54) is 0 Å². The van der Waals surface area contributed by atoms with Crippen molar-refractivity contribution in [1.82, 2.24) is 5.32 Å². The number of carbonyl (C=O) groups is 2. The fraction of sp³-hybridized carbons (Fsp3) is 0.833. The van der Waals surface area contributed by atoms with Crippen LogP contribution >= 0.6 is 0 Å². The van der Waals surface area contributed by atoms with Crippen molar-refractivity contribution in [3.8, 4) is 0 Å². The third-order valence-electron chi connectivity index (χ3n) is 3.72. The Kier molecular flexibility index (Phi) is 3.61. The van der Waals surface area contributed by atoms with E-state index in [0.717, 1.165) is 12.8 Å². The van der Waals surface area contributed by atoms with Gasteiger partial charge in [0.1, 0.15) is 5.54 Å². The maximum absolute atomic E-state index is 12.0. The Morgan fingerprint density at radius 1 is 1.31 bits per heavy atom. The summed E-state index contributed by atoms with van der Waals surface area (Å²) in [4.78, 5) is 23.2. The standard InChI is InChI=1S/C12H21NO3/c1-4-11(2,3)9(14)13-12(10(15)16)7-5-6-8-12/h4-8H2,1-3H3,(H,13,14)(H,15,16). The summed E-state index contributed by atoms with van der Waals surface area (Å²) < 4.78 is 0. The summed E-state index contributed by atoms with van der Waals surface area (Å²) >= 11 is 0. The fourth-order valence-electron chi connectivity index (χ4n) is 1.92. The van der Waals surface area contributed by atoms with Gasteiger partial charge in [0, 0.05) is 5.41 Å². The highest BCUT2D eigenvalue weighted by Gasteiger charge is 2.44. The SMILES string of the molecule is CCC(C)(C)C(=O)NC1(C(=O)O)CCCC1. The van der Waals surface area contributed by atoms with Gasteiger partial charge >= 0.3 is 5.97 Å². The van der Waals surface area contributed by atoms with E-state index in [0.29, 0.717) is 19.3 Å². The third kappa shape index (κ3) is 2.36. The van der Waals surface area contributed by atoms with Gasteiger partial charge in [0.05, 0.1) is 0 Å². The molecule has 0 radical (unpaired) electrons. The van der Waals surface area contributed by atoms with Crippen molar-refractivity contribution >= 4 is 11.9 Å². The Labute approximate surface area is 96.4 Å². The van der Waals surface area contributed by atoms with Gasteiger partial charge in [-0.2, -0.15) is 0 Å². The Hall–Kier alpha value is -1.06. The molecule has 1 saturated carbocycles. The molecule has 0 heterocycles. The van der Waals surface area contributed by atoms with E-state index in [2.05, 4.69) is 5.32 Å². The number of rotatable bonds is 4. The Balaban J connectivity index is 2.78. The molecule has 0 unspecified atom stereocenters. The van der Waals surface area contributed by atoms with Crippen molar-refractivity contribution in [3.63, 3.8) is 0 Å². The second-order valence-electron chi connectivity index (χ2n) is 5.29. The van der Waals surface area contributed by atoms with Crippen LogP contribution in [0.3, 0.4) is 0 Å². The van der Waals surface area contributed by atoms with E-state index in [1.807, 2.05) is 20.8 Å². The monoisotopic (exact) mass is 227 g/mol. The number of amides is 1. The minimum absolute atomic E-state index is 0.153. The summed E-state index contributed by atoms with van der Waals surface area (Å²) in [6.45, 7) is 5.61. The molecule has 4 heteroatoms. The first-order valence-corrected chi connectivity index (χ1v) is 5.90. The lowest BCUT2D eigenvalue weighted by Crippen LogP contribution is -2.55. The molecule has 1 aliphatic carbocycles. The quantitative estimate of drug-likeness (QED) is 0.771. The van der Waals surface area contributed by atoms with Gasteiger partial charge in [-0.1, -0.05) is 33.6 Å². The van der Waals surface area contributed by atoms with Crippen molar-refractivity contribution in [2.24, 2.45) is 5.41 Å². The van der Waals surface area contributed by atoms with E-state index >= 15 is 0 Å². The lowest BCUT2D eigenvalue weighted by Gasteiger charge is -2.30. The topological polar surface area (TPSA) is 66.4 Å². The molecular weight excluding hydrogens is 206 g/mol. The Bertz CT molecular complexity index is 291. The van der Waals surface area contributed by atoms with Gasteiger partial charge in [-0.05, 0) is 19.3 Å². The minimum atomic E-state index is -1.01. The summed E-state index contributed by atoms with van der Waals surface area (Å²) in [5, 5.41) is 12.0. The number of carboxylic acids is 1. The predicted molar refractivity (Wildman–Crippen MR) is 61.0 cm³/mol. The van der Waals surface area contributed by atoms with Crippen LogP contribution in [0.4, 0.5) is 0 Å². The number of hydrogen-bond acceptors (Lipinski definition) is 2. The lowest BCUT2D eigenvalue weighted by atomic mass is 9.87. The van der Waals surface area contributed by atoms with Crippen molar-refractivity contribution in [2.75, 3.05) is 0 Å². The highest BCUT2D eigenvalue weighted by molar-refractivity contribution is 5.89. The van der Waals surface area contributed by atoms with Gasteiger partial charge in [-0.25, -0.2) is 4.79 Å². The van der Waals surface area contributed by atoms with Crippen LogP contribution in [0, 0.1) is 5.41 Å². The number of carboxylic acid groups (broad SMARTS) is 1. The van der Waals surface area contributed by atoms with Crippen molar-refractivity contribution in [2.45, 2.75) is 58.4 Å². The van der Waals surface area contributed by atoms with E-state index in [4.69, 9.17) is 0 Å². The molecule has 1 aliphatic rings. The van der Waals surface area contributed by atoms with Crippen LogP contribution in [-0.2, 0) is 9.59 Å². The van der Waals surface area contributed by atoms with Crippen LogP contribution in [0.1, 0.15) is 52.9 Å². The van der Waals surface area contributed by atoms with Crippen molar-refractivity contribution in [1.29, 1.82) is 0 Å². The fourth-order valence-corrected chi connectivity index (χ4v) is 1.92. The second-order valence-corrected chi connectivity index (χ2v) is 5.29. The van der Waals surface area contributed by atoms with Gasteiger partial charge in [0.2, 0.25) is 5.91 Å². The maximum atomic E-state index is 12.0. The zero-order chi connectivity index (χ0) is 12.4. The van der Waals surface area contributed by atoms with Crippen molar-refractivity contribution in [3.05, 3.63) is 0 Å². The summed E-state index contributed by atoms with van der Waals surface area (Å²) in [6, 6.07) is 0. The average Bonchev–Trinajstić information content (AvgIpc) is 2.67. The third-order valence-corrected chi connectivity index (χ3v) is 3.72. The molecule has 0 atom stereocenters. The molecule has 0 saturated heterocycles. The van der Waals surface area contributed by atoms with E-state index in [-0.39, 0.29) is 5.91 Å². The van der Waals surface area contributed by atoms with Crippen LogP contribution in [0.2, 0.25) is 0 Å². The molecule has 1 amide bonds. The first-order valence-electron chi connectivity index (χ1n) is 5.90. The summed E-state index contributed by atoms with van der Waals surface area (Å²) in [5.41, 5.74) is -1.51. The minimum Gasteiger partial charge on any atom is -0.480 e. The first kappa shape index (κ1) is 13.0. The molecule has 2 N–H and O–H groups in total. The highest BCUT2D eigenvalue weighted by atomic mass is 16.4. The normalized spacial score (nSPS) is 19.4. The van der Waals surface area contributed by atoms with Gasteiger partial charge in [0.25, 0.3) is 0 Å². The second kappa shape index (κ2) is 4.44.